The van der Waals surface area contributed by atoms with E-state index in [1.54, 1.807) is 12.4 Å². The predicted octanol–water partition coefficient (Wildman–Crippen LogP) is 2.98. The summed E-state index contributed by atoms with van der Waals surface area (Å²) in [7, 11) is 0. The second-order valence-corrected chi connectivity index (χ2v) is 3.87. The van der Waals surface area contributed by atoms with Gasteiger partial charge in [0.1, 0.15) is 0 Å². The zero-order chi connectivity index (χ0) is 10.6. The van der Waals surface area contributed by atoms with Gasteiger partial charge in [-0.1, -0.05) is 31.9 Å². The van der Waals surface area contributed by atoms with Crippen LogP contribution in [-0.2, 0) is 0 Å². The van der Waals surface area contributed by atoms with Gasteiger partial charge in [-0.05, 0) is 12.8 Å². The minimum absolute atomic E-state index is 0.356. The zero-order valence-corrected chi connectivity index (χ0v) is 9.54. The number of hydrogen-bond acceptors (Lipinski definition) is 3. The molecule has 0 fully saturated rings. The van der Waals surface area contributed by atoms with Crippen LogP contribution in [-0.4, -0.2) is 16.0 Å². The van der Waals surface area contributed by atoms with E-state index in [2.05, 4.69) is 36.1 Å². The third kappa shape index (κ3) is 2.84. The summed E-state index contributed by atoms with van der Waals surface area (Å²) in [6.45, 7) is 6.49. The Labute approximate surface area is 89.9 Å². The van der Waals surface area contributed by atoms with E-state index in [9.17, 15) is 0 Å². The Bertz CT molecular complexity index is 290. The van der Waals surface area contributed by atoms with E-state index < -0.39 is 0 Å². The largest absolute Gasteiger partial charge is 0.365 e. The molecule has 1 rings (SSSR count). The number of nitrogens with zero attached hydrogens (tertiary/aromatic N) is 2. The summed E-state index contributed by atoms with van der Waals surface area (Å²) in [5.74, 6) is 1.26. The first-order valence-corrected chi connectivity index (χ1v) is 5.26. The van der Waals surface area contributed by atoms with Crippen LogP contribution in [0.4, 0.5) is 5.82 Å². The molecule has 1 N–H and O–H groups in total. The van der Waals surface area contributed by atoms with Crippen molar-refractivity contribution in [3.63, 3.8) is 0 Å². The first-order valence-electron chi connectivity index (χ1n) is 4.88. The summed E-state index contributed by atoms with van der Waals surface area (Å²) >= 11 is 5.88. The quantitative estimate of drug-likeness (QED) is 0.836. The molecule has 1 heterocycles. The molecular weight excluding hydrogens is 198 g/mol. The van der Waals surface area contributed by atoms with Crippen LogP contribution < -0.4 is 5.32 Å². The van der Waals surface area contributed by atoms with E-state index in [1.807, 2.05) is 0 Å². The van der Waals surface area contributed by atoms with Gasteiger partial charge in [-0.15, -0.1) is 0 Å². The van der Waals surface area contributed by atoms with Crippen molar-refractivity contribution in [2.24, 2.45) is 5.92 Å². The molecule has 1 aromatic rings. The van der Waals surface area contributed by atoms with Crippen LogP contribution in [0, 0.1) is 5.92 Å². The smallest absolute Gasteiger partial charge is 0.171 e. The van der Waals surface area contributed by atoms with Gasteiger partial charge in [0.05, 0.1) is 0 Å². The number of aromatic nitrogens is 2. The van der Waals surface area contributed by atoms with E-state index >= 15 is 0 Å². The minimum Gasteiger partial charge on any atom is -0.365 e. The second-order valence-electron chi connectivity index (χ2n) is 3.51. The van der Waals surface area contributed by atoms with Crippen LogP contribution in [0.3, 0.4) is 0 Å². The van der Waals surface area contributed by atoms with Crippen LogP contribution in [0.15, 0.2) is 12.4 Å². The molecule has 0 saturated heterocycles. The molecule has 4 heteroatoms. The Hall–Kier alpha value is -0.830. The number of anilines is 1. The molecule has 1 aromatic heterocycles. The lowest BCUT2D eigenvalue weighted by molar-refractivity contribution is 0.493. The Morgan fingerprint density at radius 1 is 1.36 bits per heavy atom. The van der Waals surface area contributed by atoms with Crippen molar-refractivity contribution < 1.29 is 0 Å². The standard InChI is InChI=1S/C10H16ClN3/c1-4-7(2)8(3)14-10-9(11)12-5-6-13-10/h5-8H,4H2,1-3H3,(H,13,14). The maximum atomic E-state index is 5.88. The molecule has 0 radical (unpaired) electrons. The van der Waals surface area contributed by atoms with Gasteiger partial charge < -0.3 is 5.32 Å². The number of halogens is 1. The molecule has 14 heavy (non-hydrogen) atoms. The van der Waals surface area contributed by atoms with Crippen molar-refractivity contribution in [3.8, 4) is 0 Å². The van der Waals surface area contributed by atoms with Crippen LogP contribution in [0.25, 0.3) is 0 Å². The third-order valence-corrected chi connectivity index (χ3v) is 2.79. The highest BCUT2D eigenvalue weighted by molar-refractivity contribution is 6.31. The average Bonchev–Trinajstić information content (AvgIpc) is 2.20. The monoisotopic (exact) mass is 213 g/mol. The molecule has 0 spiro atoms. The lowest BCUT2D eigenvalue weighted by atomic mass is 10.0. The molecule has 0 amide bonds. The Morgan fingerprint density at radius 3 is 2.57 bits per heavy atom. The van der Waals surface area contributed by atoms with E-state index in [1.165, 1.54) is 0 Å². The predicted molar refractivity (Wildman–Crippen MR) is 59.6 cm³/mol. The normalized spacial score (nSPS) is 14.9. The highest BCUT2D eigenvalue weighted by Gasteiger charge is 2.12. The highest BCUT2D eigenvalue weighted by atomic mass is 35.5. The van der Waals surface area contributed by atoms with Gasteiger partial charge in [-0.2, -0.15) is 0 Å². The molecular formula is C10H16ClN3. The fourth-order valence-electron chi connectivity index (χ4n) is 1.13. The molecule has 0 saturated carbocycles. The molecule has 78 valence electrons. The molecule has 3 nitrogen and oxygen atoms in total. The van der Waals surface area contributed by atoms with Crippen molar-refractivity contribution in [2.45, 2.75) is 33.2 Å². The van der Waals surface area contributed by atoms with Crippen molar-refractivity contribution in [2.75, 3.05) is 5.32 Å². The fraction of sp³-hybridized carbons (Fsp3) is 0.600. The van der Waals surface area contributed by atoms with Gasteiger partial charge in [0.25, 0.3) is 0 Å². The SMILES string of the molecule is CCC(C)C(C)Nc1nccnc1Cl. The van der Waals surface area contributed by atoms with Crippen molar-refractivity contribution in [1.29, 1.82) is 0 Å². The summed E-state index contributed by atoms with van der Waals surface area (Å²) in [6.07, 6.45) is 4.35. The van der Waals surface area contributed by atoms with Gasteiger partial charge >= 0.3 is 0 Å². The van der Waals surface area contributed by atoms with E-state index in [0.29, 0.717) is 22.9 Å². The third-order valence-electron chi connectivity index (χ3n) is 2.52. The summed E-state index contributed by atoms with van der Waals surface area (Å²) in [5, 5.41) is 3.69. The topological polar surface area (TPSA) is 37.8 Å². The van der Waals surface area contributed by atoms with Gasteiger partial charge in [0.2, 0.25) is 0 Å². The number of hydrogen-bond donors (Lipinski definition) is 1. The summed E-state index contributed by atoms with van der Waals surface area (Å²) in [5.41, 5.74) is 0. The van der Waals surface area contributed by atoms with Crippen molar-refractivity contribution in [3.05, 3.63) is 17.5 Å². The van der Waals surface area contributed by atoms with E-state index in [0.717, 1.165) is 6.42 Å². The number of rotatable bonds is 4. The molecule has 0 bridgehead atoms. The van der Waals surface area contributed by atoms with Crippen molar-refractivity contribution >= 4 is 17.4 Å². The Morgan fingerprint density at radius 2 is 2.00 bits per heavy atom. The fourth-order valence-corrected chi connectivity index (χ4v) is 1.29. The second kappa shape index (κ2) is 5.15. The molecule has 0 aliphatic rings. The van der Waals surface area contributed by atoms with Crippen LogP contribution >= 0.6 is 11.6 Å². The maximum absolute atomic E-state index is 5.88. The summed E-state index contributed by atoms with van der Waals surface area (Å²) < 4.78 is 0. The van der Waals surface area contributed by atoms with Gasteiger partial charge in [-0.25, -0.2) is 9.97 Å². The highest BCUT2D eigenvalue weighted by Crippen LogP contribution is 2.18. The molecule has 2 atom stereocenters. The average molecular weight is 214 g/mol. The molecule has 0 aliphatic heterocycles. The van der Waals surface area contributed by atoms with E-state index in [4.69, 9.17) is 11.6 Å². The molecule has 0 aliphatic carbocycles. The number of nitrogens with one attached hydrogen (secondary N) is 1. The van der Waals surface area contributed by atoms with Crippen LogP contribution in [0.5, 0.6) is 0 Å². The minimum atomic E-state index is 0.356. The lowest BCUT2D eigenvalue weighted by Gasteiger charge is -2.20. The molecule has 2 unspecified atom stereocenters. The van der Waals surface area contributed by atoms with Crippen LogP contribution in [0.2, 0.25) is 5.15 Å². The summed E-state index contributed by atoms with van der Waals surface area (Å²) in [4.78, 5) is 8.09. The van der Waals surface area contributed by atoms with Gasteiger partial charge in [-0.3, -0.25) is 0 Å². The zero-order valence-electron chi connectivity index (χ0n) is 8.79. The lowest BCUT2D eigenvalue weighted by Crippen LogP contribution is -2.24. The Balaban J connectivity index is 2.64. The maximum Gasteiger partial charge on any atom is 0.171 e. The van der Waals surface area contributed by atoms with Crippen LogP contribution in [0.1, 0.15) is 27.2 Å². The first kappa shape index (κ1) is 11.2. The van der Waals surface area contributed by atoms with Gasteiger partial charge in [0, 0.05) is 18.4 Å². The summed E-state index contributed by atoms with van der Waals surface area (Å²) in [6, 6.07) is 0.356. The first-order chi connectivity index (χ1) is 6.65. The van der Waals surface area contributed by atoms with E-state index in [-0.39, 0.29) is 0 Å². The molecule has 0 aromatic carbocycles. The van der Waals surface area contributed by atoms with Gasteiger partial charge in [0.15, 0.2) is 11.0 Å². The van der Waals surface area contributed by atoms with Crippen molar-refractivity contribution in [1.82, 2.24) is 9.97 Å². The Kier molecular flexibility index (Phi) is 4.14.